The van der Waals surface area contributed by atoms with Crippen LogP contribution in [0.4, 0.5) is 13.6 Å². The molecule has 1 unspecified atom stereocenters. The standard InChI is InChI=1S/C13H21F2NO4/c1-5-19-10(17)9-6-13(14,15)8-16(7-9)11(18)20-12(2,3)4/h9H,5-8H2,1-4H3. The van der Waals surface area contributed by atoms with Crippen molar-refractivity contribution < 1.29 is 27.8 Å². The van der Waals surface area contributed by atoms with E-state index in [0.29, 0.717) is 0 Å². The van der Waals surface area contributed by atoms with Crippen molar-refractivity contribution in [1.29, 1.82) is 0 Å². The Kier molecular flexibility index (Phi) is 4.94. The van der Waals surface area contributed by atoms with Gasteiger partial charge in [0.25, 0.3) is 5.92 Å². The van der Waals surface area contributed by atoms with E-state index in [2.05, 4.69) is 0 Å². The Morgan fingerprint density at radius 3 is 2.45 bits per heavy atom. The zero-order valence-electron chi connectivity index (χ0n) is 12.2. The molecule has 0 aromatic rings. The van der Waals surface area contributed by atoms with Crippen LogP contribution in [0.2, 0.25) is 0 Å². The molecule has 0 aliphatic carbocycles. The molecule has 1 aliphatic heterocycles. The summed E-state index contributed by atoms with van der Waals surface area (Å²) in [5.41, 5.74) is -0.775. The number of carbonyl (C=O) groups is 2. The van der Waals surface area contributed by atoms with Crippen LogP contribution in [0, 0.1) is 5.92 Å². The second kappa shape index (κ2) is 5.93. The Labute approximate surface area is 117 Å². The van der Waals surface area contributed by atoms with Gasteiger partial charge in [0.2, 0.25) is 0 Å². The van der Waals surface area contributed by atoms with Gasteiger partial charge in [0.05, 0.1) is 19.1 Å². The number of amides is 1. The van der Waals surface area contributed by atoms with Crippen LogP contribution in [-0.4, -0.2) is 48.2 Å². The second-order valence-corrected chi connectivity index (χ2v) is 5.87. The number of alkyl halides is 2. The summed E-state index contributed by atoms with van der Waals surface area (Å²) in [7, 11) is 0. The van der Waals surface area contributed by atoms with E-state index in [1.54, 1.807) is 27.7 Å². The van der Waals surface area contributed by atoms with E-state index in [-0.39, 0.29) is 13.2 Å². The van der Waals surface area contributed by atoms with Gasteiger partial charge in [-0.1, -0.05) is 0 Å². The van der Waals surface area contributed by atoms with E-state index in [4.69, 9.17) is 9.47 Å². The predicted molar refractivity (Wildman–Crippen MR) is 67.5 cm³/mol. The summed E-state index contributed by atoms with van der Waals surface area (Å²) in [5.74, 6) is -4.85. The van der Waals surface area contributed by atoms with Crippen molar-refractivity contribution in [3.63, 3.8) is 0 Å². The van der Waals surface area contributed by atoms with Crippen molar-refractivity contribution in [3.8, 4) is 0 Å². The van der Waals surface area contributed by atoms with Crippen LogP contribution in [0.3, 0.4) is 0 Å². The summed E-state index contributed by atoms with van der Waals surface area (Å²) < 4.78 is 37.1. The van der Waals surface area contributed by atoms with Crippen LogP contribution in [0.15, 0.2) is 0 Å². The molecule has 116 valence electrons. The van der Waals surface area contributed by atoms with Crippen molar-refractivity contribution >= 4 is 12.1 Å². The molecule has 1 heterocycles. The molecule has 1 rings (SSSR count). The van der Waals surface area contributed by atoms with E-state index >= 15 is 0 Å². The molecule has 1 amide bonds. The maximum Gasteiger partial charge on any atom is 0.410 e. The summed E-state index contributed by atoms with van der Waals surface area (Å²) in [6.07, 6.45) is -1.45. The fraction of sp³-hybridized carbons (Fsp3) is 0.846. The number of nitrogens with zero attached hydrogens (tertiary/aromatic N) is 1. The maximum atomic E-state index is 13.6. The van der Waals surface area contributed by atoms with Crippen molar-refractivity contribution in [3.05, 3.63) is 0 Å². The molecular formula is C13H21F2NO4. The van der Waals surface area contributed by atoms with Crippen molar-refractivity contribution in [2.45, 2.75) is 45.6 Å². The van der Waals surface area contributed by atoms with E-state index in [1.165, 1.54) is 0 Å². The highest BCUT2D eigenvalue weighted by Gasteiger charge is 2.46. The molecule has 0 saturated carbocycles. The van der Waals surface area contributed by atoms with Crippen LogP contribution in [0.25, 0.3) is 0 Å². The largest absolute Gasteiger partial charge is 0.466 e. The summed E-state index contributed by atoms with van der Waals surface area (Å²) in [6, 6.07) is 0. The highest BCUT2D eigenvalue weighted by Crippen LogP contribution is 2.31. The average molecular weight is 293 g/mol. The number of rotatable bonds is 2. The van der Waals surface area contributed by atoms with E-state index in [1.807, 2.05) is 0 Å². The second-order valence-electron chi connectivity index (χ2n) is 5.87. The molecule has 20 heavy (non-hydrogen) atoms. The summed E-state index contributed by atoms with van der Waals surface area (Å²) in [5, 5.41) is 0. The minimum Gasteiger partial charge on any atom is -0.466 e. The number of piperidine rings is 1. The predicted octanol–water partition coefficient (Wildman–Crippen LogP) is 2.44. The molecule has 5 nitrogen and oxygen atoms in total. The molecule has 1 aliphatic rings. The van der Waals surface area contributed by atoms with Gasteiger partial charge in [-0.2, -0.15) is 0 Å². The third-order valence-corrected chi connectivity index (χ3v) is 2.68. The lowest BCUT2D eigenvalue weighted by Crippen LogP contribution is -2.52. The van der Waals surface area contributed by atoms with Gasteiger partial charge in [-0.05, 0) is 27.7 Å². The molecule has 7 heteroatoms. The van der Waals surface area contributed by atoms with E-state index < -0.39 is 42.5 Å². The molecule has 1 saturated heterocycles. The van der Waals surface area contributed by atoms with Crippen LogP contribution < -0.4 is 0 Å². The highest BCUT2D eigenvalue weighted by atomic mass is 19.3. The van der Waals surface area contributed by atoms with Crippen LogP contribution in [0.5, 0.6) is 0 Å². The fourth-order valence-electron chi connectivity index (χ4n) is 1.98. The third-order valence-electron chi connectivity index (χ3n) is 2.68. The Hall–Kier alpha value is -1.40. The fourth-order valence-corrected chi connectivity index (χ4v) is 1.98. The van der Waals surface area contributed by atoms with Crippen LogP contribution >= 0.6 is 0 Å². The van der Waals surface area contributed by atoms with Crippen molar-refractivity contribution in [2.24, 2.45) is 5.92 Å². The molecule has 0 spiro atoms. The van der Waals surface area contributed by atoms with Crippen molar-refractivity contribution in [2.75, 3.05) is 19.7 Å². The summed E-state index contributed by atoms with van der Waals surface area (Å²) >= 11 is 0. The lowest BCUT2D eigenvalue weighted by atomic mass is 9.95. The molecule has 0 N–H and O–H groups in total. The quantitative estimate of drug-likeness (QED) is 0.734. The first-order valence-corrected chi connectivity index (χ1v) is 6.56. The molecule has 1 fully saturated rings. The molecule has 0 bridgehead atoms. The molecule has 1 atom stereocenters. The molecular weight excluding hydrogens is 272 g/mol. The van der Waals surface area contributed by atoms with Crippen molar-refractivity contribution in [1.82, 2.24) is 4.90 Å². The first-order chi connectivity index (χ1) is 9.04. The topological polar surface area (TPSA) is 55.8 Å². The molecule has 0 aromatic carbocycles. The zero-order chi connectivity index (χ0) is 15.6. The van der Waals surface area contributed by atoms with Gasteiger partial charge < -0.3 is 14.4 Å². The lowest BCUT2D eigenvalue weighted by Gasteiger charge is -2.37. The number of carbonyl (C=O) groups excluding carboxylic acids is 2. The first-order valence-electron chi connectivity index (χ1n) is 6.56. The van der Waals surface area contributed by atoms with Gasteiger partial charge in [0.1, 0.15) is 5.60 Å². The van der Waals surface area contributed by atoms with Gasteiger partial charge >= 0.3 is 12.1 Å². The number of likely N-dealkylation sites (tertiary alicyclic amines) is 1. The number of esters is 1. The summed E-state index contributed by atoms with van der Waals surface area (Å²) in [6.45, 7) is 5.82. The number of hydrogen-bond acceptors (Lipinski definition) is 4. The lowest BCUT2D eigenvalue weighted by molar-refractivity contribution is -0.158. The van der Waals surface area contributed by atoms with Crippen LogP contribution in [0.1, 0.15) is 34.1 Å². The Bertz CT molecular complexity index is 379. The normalized spacial score (nSPS) is 22.3. The number of halogens is 2. The van der Waals surface area contributed by atoms with Gasteiger partial charge in [0.15, 0.2) is 0 Å². The number of ether oxygens (including phenoxy) is 2. The van der Waals surface area contributed by atoms with E-state index in [9.17, 15) is 18.4 Å². The first kappa shape index (κ1) is 16.7. The zero-order valence-corrected chi connectivity index (χ0v) is 12.2. The van der Waals surface area contributed by atoms with Gasteiger partial charge in [-0.15, -0.1) is 0 Å². The molecule has 0 aromatic heterocycles. The Balaban J connectivity index is 2.77. The highest BCUT2D eigenvalue weighted by molar-refractivity contribution is 5.75. The Morgan fingerprint density at radius 1 is 1.35 bits per heavy atom. The van der Waals surface area contributed by atoms with Gasteiger partial charge in [0, 0.05) is 13.0 Å². The molecule has 0 radical (unpaired) electrons. The van der Waals surface area contributed by atoms with E-state index in [0.717, 1.165) is 4.90 Å². The minimum absolute atomic E-state index is 0.108. The third kappa shape index (κ3) is 4.94. The minimum atomic E-state index is -3.12. The maximum absolute atomic E-state index is 13.6. The number of hydrogen-bond donors (Lipinski definition) is 0. The van der Waals surface area contributed by atoms with Crippen LogP contribution in [-0.2, 0) is 14.3 Å². The smallest absolute Gasteiger partial charge is 0.410 e. The average Bonchev–Trinajstić information content (AvgIpc) is 2.24. The SMILES string of the molecule is CCOC(=O)C1CN(C(=O)OC(C)(C)C)CC(F)(F)C1. The Morgan fingerprint density at radius 2 is 1.95 bits per heavy atom. The summed E-state index contributed by atoms with van der Waals surface area (Å²) in [4.78, 5) is 24.3. The monoisotopic (exact) mass is 293 g/mol. The van der Waals surface area contributed by atoms with Gasteiger partial charge in [-0.25, -0.2) is 13.6 Å². The van der Waals surface area contributed by atoms with Gasteiger partial charge in [-0.3, -0.25) is 4.79 Å².